The fourth-order valence-electron chi connectivity index (χ4n) is 1.68. The van der Waals surface area contributed by atoms with Crippen LogP contribution >= 0.6 is 27.7 Å². The van der Waals surface area contributed by atoms with E-state index in [0.717, 1.165) is 21.6 Å². The van der Waals surface area contributed by atoms with Crippen LogP contribution < -0.4 is 4.74 Å². The Morgan fingerprint density at radius 3 is 2.95 bits per heavy atom. The molecule has 0 saturated carbocycles. The van der Waals surface area contributed by atoms with Crippen LogP contribution in [0.2, 0.25) is 0 Å². The number of aromatic nitrogens is 2. The molecule has 5 nitrogen and oxygen atoms in total. The molecule has 0 radical (unpaired) electrons. The molecule has 1 aromatic heterocycles. The van der Waals surface area contributed by atoms with Crippen molar-refractivity contribution >= 4 is 33.7 Å². The van der Waals surface area contributed by atoms with Gasteiger partial charge in [-0.25, -0.2) is 4.98 Å². The summed E-state index contributed by atoms with van der Waals surface area (Å²) >= 11 is 4.67. The van der Waals surface area contributed by atoms with Crippen LogP contribution in [-0.2, 0) is 4.79 Å². The molecule has 20 heavy (non-hydrogen) atoms. The number of aliphatic carboxylic acids is 1. The number of rotatable bonds is 5. The van der Waals surface area contributed by atoms with Gasteiger partial charge in [0.1, 0.15) is 5.75 Å². The van der Waals surface area contributed by atoms with Gasteiger partial charge in [-0.1, -0.05) is 11.8 Å². The van der Waals surface area contributed by atoms with Crippen molar-refractivity contribution in [2.75, 3.05) is 12.9 Å². The highest BCUT2D eigenvalue weighted by molar-refractivity contribution is 9.10. The van der Waals surface area contributed by atoms with Crippen LogP contribution in [0.3, 0.4) is 0 Å². The number of hydrogen-bond donors (Lipinski definition) is 1. The zero-order valence-corrected chi connectivity index (χ0v) is 13.4. The van der Waals surface area contributed by atoms with Crippen LogP contribution in [0, 0.1) is 6.92 Å². The third-order valence-corrected chi connectivity index (χ3v) is 4.14. The van der Waals surface area contributed by atoms with Crippen molar-refractivity contribution < 1.29 is 14.6 Å². The van der Waals surface area contributed by atoms with Gasteiger partial charge < -0.3 is 9.84 Å². The fourth-order valence-corrected chi connectivity index (χ4v) is 2.87. The van der Waals surface area contributed by atoms with Crippen LogP contribution in [0.1, 0.15) is 5.69 Å². The lowest BCUT2D eigenvalue weighted by Gasteiger charge is -2.10. The van der Waals surface area contributed by atoms with Gasteiger partial charge in [-0.2, -0.15) is 0 Å². The molecule has 0 atom stereocenters. The molecule has 0 amide bonds. The maximum atomic E-state index is 10.7. The summed E-state index contributed by atoms with van der Waals surface area (Å²) in [5, 5.41) is 9.43. The van der Waals surface area contributed by atoms with E-state index in [1.54, 1.807) is 7.11 Å². The Labute approximate surface area is 129 Å². The number of halogens is 1. The quantitative estimate of drug-likeness (QED) is 0.833. The number of benzene rings is 1. The van der Waals surface area contributed by atoms with E-state index < -0.39 is 5.97 Å². The zero-order chi connectivity index (χ0) is 14.7. The molecule has 0 bridgehead atoms. The number of carbonyl (C=O) groups is 1. The largest absolute Gasteiger partial charge is 0.497 e. The molecule has 0 saturated heterocycles. The average molecular weight is 357 g/mol. The Morgan fingerprint density at radius 1 is 1.55 bits per heavy atom. The van der Waals surface area contributed by atoms with Crippen LogP contribution in [0.25, 0.3) is 5.69 Å². The second kappa shape index (κ2) is 6.32. The number of thioether (sulfide) groups is 1. The normalized spacial score (nSPS) is 10.6. The van der Waals surface area contributed by atoms with Crippen LogP contribution in [-0.4, -0.2) is 33.5 Å². The van der Waals surface area contributed by atoms with Crippen LogP contribution in [0.4, 0.5) is 0 Å². The number of imidazole rings is 1. The molecule has 0 spiro atoms. The Morgan fingerprint density at radius 2 is 2.30 bits per heavy atom. The van der Waals surface area contributed by atoms with Crippen molar-refractivity contribution in [2.45, 2.75) is 12.1 Å². The summed E-state index contributed by atoms with van der Waals surface area (Å²) < 4.78 is 7.96. The first-order valence-corrected chi connectivity index (χ1v) is 7.53. The Hall–Kier alpha value is -1.47. The van der Waals surface area contributed by atoms with Crippen LogP contribution in [0.5, 0.6) is 5.75 Å². The maximum absolute atomic E-state index is 10.7. The summed E-state index contributed by atoms with van der Waals surface area (Å²) in [6.07, 6.45) is 1.86. The molecular weight excluding hydrogens is 344 g/mol. The molecule has 1 N–H and O–H groups in total. The smallest absolute Gasteiger partial charge is 0.313 e. The Bertz CT molecular complexity index is 643. The minimum Gasteiger partial charge on any atom is -0.497 e. The van der Waals surface area contributed by atoms with E-state index >= 15 is 0 Å². The summed E-state index contributed by atoms with van der Waals surface area (Å²) in [6.45, 7) is 1.87. The molecule has 0 aliphatic carbocycles. The van der Waals surface area contributed by atoms with Crippen molar-refractivity contribution in [2.24, 2.45) is 0 Å². The summed E-state index contributed by atoms with van der Waals surface area (Å²) in [5.74, 6) is -0.173. The third kappa shape index (κ3) is 3.34. The molecule has 2 aromatic rings. The molecule has 0 unspecified atom stereocenters. The summed E-state index contributed by atoms with van der Waals surface area (Å²) in [7, 11) is 1.60. The highest BCUT2D eigenvalue weighted by atomic mass is 79.9. The van der Waals surface area contributed by atoms with Crippen molar-refractivity contribution in [3.8, 4) is 11.4 Å². The highest BCUT2D eigenvalue weighted by Gasteiger charge is 2.13. The number of methoxy groups -OCH3 is 1. The van der Waals surface area contributed by atoms with E-state index in [1.807, 2.05) is 35.9 Å². The first-order chi connectivity index (χ1) is 9.51. The van der Waals surface area contributed by atoms with Crippen molar-refractivity contribution in [1.82, 2.24) is 9.55 Å². The molecule has 7 heteroatoms. The summed E-state index contributed by atoms with van der Waals surface area (Å²) in [6, 6.07) is 5.60. The maximum Gasteiger partial charge on any atom is 0.313 e. The lowest BCUT2D eigenvalue weighted by Crippen LogP contribution is -2.02. The van der Waals surface area contributed by atoms with Crippen molar-refractivity contribution in [3.05, 3.63) is 34.6 Å². The van der Waals surface area contributed by atoms with Gasteiger partial charge in [0.2, 0.25) is 0 Å². The Balaban J connectivity index is 2.43. The highest BCUT2D eigenvalue weighted by Crippen LogP contribution is 2.30. The zero-order valence-electron chi connectivity index (χ0n) is 11.0. The van der Waals surface area contributed by atoms with E-state index in [1.165, 1.54) is 11.8 Å². The van der Waals surface area contributed by atoms with E-state index in [0.29, 0.717) is 5.16 Å². The van der Waals surface area contributed by atoms with E-state index in [9.17, 15) is 4.79 Å². The van der Waals surface area contributed by atoms with Crippen LogP contribution in [0.15, 0.2) is 34.0 Å². The van der Waals surface area contributed by atoms with Crippen molar-refractivity contribution in [1.29, 1.82) is 0 Å². The number of nitrogens with zero attached hydrogens (tertiary/aromatic N) is 2. The number of carboxylic acids is 1. The van der Waals surface area contributed by atoms with Gasteiger partial charge in [0.05, 0.1) is 24.2 Å². The van der Waals surface area contributed by atoms with E-state index in [2.05, 4.69) is 20.9 Å². The second-order valence-corrected chi connectivity index (χ2v) is 5.83. The first-order valence-electron chi connectivity index (χ1n) is 5.75. The van der Waals surface area contributed by atoms with Crippen molar-refractivity contribution in [3.63, 3.8) is 0 Å². The summed E-state index contributed by atoms with van der Waals surface area (Å²) in [4.78, 5) is 15.1. The van der Waals surface area contributed by atoms with Gasteiger partial charge in [-0.3, -0.25) is 9.36 Å². The second-order valence-electron chi connectivity index (χ2n) is 4.03. The van der Waals surface area contributed by atoms with Gasteiger partial charge >= 0.3 is 5.97 Å². The minimum absolute atomic E-state index is 0.0297. The predicted octanol–water partition coefficient (Wildman–Crippen LogP) is 3.13. The molecule has 0 aliphatic rings. The fraction of sp³-hybridized carbons (Fsp3) is 0.231. The number of aryl methyl sites for hydroxylation is 1. The molecule has 106 valence electrons. The first kappa shape index (κ1) is 14.9. The van der Waals surface area contributed by atoms with Gasteiger partial charge in [0.25, 0.3) is 0 Å². The average Bonchev–Trinajstić information content (AvgIpc) is 2.78. The third-order valence-electron chi connectivity index (χ3n) is 2.53. The predicted molar refractivity (Wildman–Crippen MR) is 80.9 cm³/mol. The number of hydrogen-bond acceptors (Lipinski definition) is 4. The number of carboxylic acid groups (broad SMARTS) is 1. The molecular formula is C13H13BrN2O3S. The molecule has 1 heterocycles. The monoisotopic (exact) mass is 356 g/mol. The van der Waals surface area contributed by atoms with Gasteiger partial charge in [-0.15, -0.1) is 0 Å². The van der Waals surface area contributed by atoms with E-state index in [-0.39, 0.29) is 5.75 Å². The molecule has 0 aliphatic heterocycles. The molecule has 0 fully saturated rings. The Kier molecular flexibility index (Phi) is 4.72. The standard InChI is InChI=1S/C13H13BrN2O3S/c1-8-6-16(13(15-8)20-7-12(17)18)11-5-9(19-2)3-4-10(11)14/h3-6H,7H2,1-2H3,(H,17,18). The SMILES string of the molecule is COc1ccc(Br)c(-n2cc(C)nc2SCC(=O)O)c1. The molecule has 1 aromatic carbocycles. The van der Waals surface area contributed by atoms with Gasteiger partial charge in [0, 0.05) is 16.7 Å². The van der Waals surface area contributed by atoms with Gasteiger partial charge in [0.15, 0.2) is 5.16 Å². The lowest BCUT2D eigenvalue weighted by molar-refractivity contribution is -0.133. The number of ether oxygens (including phenoxy) is 1. The lowest BCUT2D eigenvalue weighted by atomic mass is 10.3. The molecule has 2 rings (SSSR count). The topological polar surface area (TPSA) is 64.4 Å². The van der Waals surface area contributed by atoms with E-state index in [4.69, 9.17) is 9.84 Å². The minimum atomic E-state index is -0.869. The van der Waals surface area contributed by atoms with Gasteiger partial charge in [-0.05, 0) is 35.0 Å². The summed E-state index contributed by atoms with van der Waals surface area (Å²) in [5.41, 5.74) is 1.69.